The summed E-state index contributed by atoms with van der Waals surface area (Å²) < 4.78 is 1.11. The second-order valence-corrected chi connectivity index (χ2v) is 25.3. The fourth-order valence-corrected chi connectivity index (χ4v) is 14.9. The number of hydrogen-bond donors (Lipinski definition) is 2. The summed E-state index contributed by atoms with van der Waals surface area (Å²) >= 11 is 3.50. The molecule has 18 rings (SSSR count). The molecule has 0 fully saturated rings. The average molecular weight is 1310 g/mol. The summed E-state index contributed by atoms with van der Waals surface area (Å²) in [4.78, 5) is 0. The summed E-state index contributed by atoms with van der Waals surface area (Å²) in [5.74, 6) is 0. The van der Waals surface area contributed by atoms with Crippen LogP contribution in [-0.4, -0.2) is 17.2 Å². The lowest BCUT2D eigenvalue weighted by atomic mass is 9.72. The zero-order valence-corrected chi connectivity index (χ0v) is 54.1. The van der Waals surface area contributed by atoms with Crippen LogP contribution in [0.4, 0.5) is 0 Å². The monoisotopic (exact) mass is 1300 g/mol. The molecule has 0 atom stereocenters. The maximum atomic E-state index is 10.2. The Hall–Kier alpha value is -11.5. The van der Waals surface area contributed by atoms with Crippen molar-refractivity contribution >= 4 is 115 Å². The second-order valence-electron chi connectivity index (χ2n) is 24.4. The predicted molar refractivity (Wildman–Crippen MR) is 422 cm³/mol. The standard InChI is InChI=1S/C46H30.C26H19BO2.C20H13Br.CH4/c1-2-13-31(14-3-1)37-17-6-7-18-40(37)46-43-21-10-8-19-41(43)45(42-20-9-11-22-44(42)46)34-27-25-33(26-28-34)36-23-12-24-38-35-16-5-4-15-32(35)29-30-39(36)38;28-27(29)26-23-16-8-6-14-21(23)25(22-15-7-9-17-24(22)26)20-13-5-4-12-19(20)18-10-2-1-3-11-18;21-16-11-8-15(9-12-16)18-6-3-7-19-17-5-2-1-4-14(17)10-13-20(18)19;/h1-30H;1-17,28-29H;1-13H;1H4. The van der Waals surface area contributed by atoms with Gasteiger partial charge in [-0.05, 0) is 182 Å². The zero-order valence-electron chi connectivity index (χ0n) is 52.5. The molecule has 460 valence electrons. The molecule has 4 heteroatoms. The van der Waals surface area contributed by atoms with Gasteiger partial charge in [-0.1, -0.05) is 375 Å². The summed E-state index contributed by atoms with van der Waals surface area (Å²) in [6.07, 6.45) is 0. The lowest BCUT2D eigenvalue weighted by Crippen LogP contribution is -2.31. The Balaban J connectivity index is 0.000000129. The van der Waals surface area contributed by atoms with Crippen LogP contribution in [0.5, 0.6) is 0 Å². The molecule has 0 radical (unpaired) electrons. The van der Waals surface area contributed by atoms with E-state index in [0.29, 0.717) is 5.46 Å². The van der Waals surface area contributed by atoms with E-state index in [2.05, 4.69) is 325 Å². The molecular formula is C93H66BBrO2. The average Bonchev–Trinajstić information content (AvgIpc) is 0.723. The third-order valence-corrected chi connectivity index (χ3v) is 19.5. The smallest absolute Gasteiger partial charge is 0.423 e. The van der Waals surface area contributed by atoms with Crippen LogP contribution in [-0.2, 0) is 0 Å². The quantitative estimate of drug-likeness (QED) is 0.0904. The summed E-state index contributed by atoms with van der Waals surface area (Å²) in [6, 6.07) is 129. The van der Waals surface area contributed by atoms with Crippen molar-refractivity contribution in [3.05, 3.63) is 368 Å². The van der Waals surface area contributed by atoms with Crippen LogP contribution in [0.25, 0.3) is 164 Å². The van der Waals surface area contributed by atoms with E-state index in [1.807, 2.05) is 54.6 Å². The van der Waals surface area contributed by atoms with Gasteiger partial charge in [-0.15, -0.1) is 0 Å². The molecule has 2 N–H and O–H groups in total. The Morgan fingerprint density at radius 2 is 0.464 bits per heavy atom. The Kier molecular flexibility index (Phi) is 17.2. The minimum absolute atomic E-state index is 0. The van der Waals surface area contributed by atoms with Crippen molar-refractivity contribution in [1.29, 1.82) is 0 Å². The van der Waals surface area contributed by atoms with Gasteiger partial charge in [0.15, 0.2) is 0 Å². The van der Waals surface area contributed by atoms with Gasteiger partial charge in [0.05, 0.1) is 0 Å². The van der Waals surface area contributed by atoms with E-state index in [4.69, 9.17) is 0 Å². The van der Waals surface area contributed by atoms with Crippen LogP contribution < -0.4 is 5.46 Å². The van der Waals surface area contributed by atoms with E-state index < -0.39 is 7.12 Å². The predicted octanol–water partition coefficient (Wildman–Crippen LogP) is 25.0. The van der Waals surface area contributed by atoms with Crippen molar-refractivity contribution in [3.63, 3.8) is 0 Å². The van der Waals surface area contributed by atoms with Gasteiger partial charge < -0.3 is 10.0 Å². The lowest BCUT2D eigenvalue weighted by Gasteiger charge is -2.20. The highest BCUT2D eigenvalue weighted by molar-refractivity contribution is 9.10. The SMILES string of the molecule is Brc1ccc(-c2cccc3c2ccc2ccccc23)cc1.C.OB(O)c1c2ccccc2c(-c2ccccc2-c2ccccc2)c2ccccc12.c1ccc(-c2ccccc2-c2c3ccccc3c(-c3ccc(-c4cccc5c4ccc4ccccc45)cc3)c3ccccc23)cc1. The van der Waals surface area contributed by atoms with E-state index in [1.54, 1.807) is 0 Å². The molecule has 18 aromatic carbocycles. The van der Waals surface area contributed by atoms with Crippen LogP contribution >= 0.6 is 15.9 Å². The minimum Gasteiger partial charge on any atom is -0.423 e. The van der Waals surface area contributed by atoms with E-state index >= 15 is 0 Å². The van der Waals surface area contributed by atoms with Gasteiger partial charge in [-0.2, -0.15) is 0 Å². The summed E-state index contributed by atoms with van der Waals surface area (Å²) in [7, 11) is -1.54. The number of fused-ring (bicyclic) bond motifs is 10. The van der Waals surface area contributed by atoms with Crippen molar-refractivity contribution in [2.45, 2.75) is 7.43 Å². The minimum atomic E-state index is -1.54. The molecule has 0 saturated carbocycles. The largest absolute Gasteiger partial charge is 0.489 e. The zero-order chi connectivity index (χ0) is 64.5. The molecule has 0 aliphatic rings. The molecule has 0 heterocycles. The fourth-order valence-electron chi connectivity index (χ4n) is 14.6. The molecule has 0 spiro atoms. The first-order valence-corrected chi connectivity index (χ1v) is 33.4. The Bertz CT molecular complexity index is 5810. The van der Waals surface area contributed by atoms with E-state index in [-0.39, 0.29) is 7.43 Å². The van der Waals surface area contributed by atoms with E-state index in [9.17, 15) is 10.0 Å². The van der Waals surface area contributed by atoms with Gasteiger partial charge in [-0.25, -0.2) is 0 Å². The van der Waals surface area contributed by atoms with Crippen LogP contribution in [0, 0.1) is 0 Å². The van der Waals surface area contributed by atoms with Gasteiger partial charge in [0, 0.05) is 4.47 Å². The molecule has 0 saturated heterocycles. The van der Waals surface area contributed by atoms with Crippen molar-refractivity contribution < 1.29 is 10.0 Å². The number of rotatable bonds is 8. The third kappa shape index (κ3) is 11.6. The van der Waals surface area contributed by atoms with E-state index in [1.165, 1.54) is 120 Å². The van der Waals surface area contributed by atoms with Crippen LogP contribution in [0.2, 0.25) is 0 Å². The molecule has 2 nitrogen and oxygen atoms in total. The van der Waals surface area contributed by atoms with Gasteiger partial charge in [-0.3, -0.25) is 0 Å². The molecule has 97 heavy (non-hydrogen) atoms. The first kappa shape index (κ1) is 61.7. The molecule has 0 amide bonds. The van der Waals surface area contributed by atoms with Crippen molar-refractivity contribution in [3.8, 4) is 77.9 Å². The van der Waals surface area contributed by atoms with Crippen LogP contribution in [0.15, 0.2) is 368 Å². The molecule has 0 aromatic heterocycles. The van der Waals surface area contributed by atoms with Crippen LogP contribution in [0.3, 0.4) is 0 Å². The van der Waals surface area contributed by atoms with Gasteiger partial charge in [0.2, 0.25) is 0 Å². The molecule has 18 aromatic rings. The molecule has 0 aliphatic heterocycles. The fraction of sp³-hybridized carbons (Fsp3) is 0.0108. The number of hydrogen-bond acceptors (Lipinski definition) is 2. The summed E-state index contributed by atoms with van der Waals surface area (Å²) in [6.45, 7) is 0. The normalized spacial score (nSPS) is 11.2. The maximum absolute atomic E-state index is 10.2. The number of benzene rings is 18. The topological polar surface area (TPSA) is 40.5 Å². The van der Waals surface area contributed by atoms with Crippen LogP contribution in [0.1, 0.15) is 7.43 Å². The lowest BCUT2D eigenvalue weighted by molar-refractivity contribution is 0.426. The Labute approximate surface area is 574 Å². The molecular weight excluding hydrogens is 1240 g/mol. The first-order chi connectivity index (χ1) is 47.4. The van der Waals surface area contributed by atoms with Crippen molar-refractivity contribution in [2.24, 2.45) is 0 Å². The van der Waals surface area contributed by atoms with Gasteiger partial charge in [0.1, 0.15) is 0 Å². The summed E-state index contributed by atoms with van der Waals surface area (Å²) in [5, 5.41) is 39.5. The molecule has 0 unspecified atom stereocenters. The van der Waals surface area contributed by atoms with Crippen molar-refractivity contribution in [2.75, 3.05) is 0 Å². The highest BCUT2D eigenvalue weighted by Gasteiger charge is 2.24. The first-order valence-electron chi connectivity index (χ1n) is 32.6. The molecule has 0 bridgehead atoms. The Morgan fingerprint density at radius 1 is 0.186 bits per heavy atom. The van der Waals surface area contributed by atoms with Gasteiger partial charge in [0.25, 0.3) is 0 Å². The highest BCUT2D eigenvalue weighted by Crippen LogP contribution is 2.47. The third-order valence-electron chi connectivity index (χ3n) is 18.9. The Morgan fingerprint density at radius 3 is 0.866 bits per heavy atom. The molecule has 0 aliphatic carbocycles. The number of halogens is 1. The highest BCUT2D eigenvalue weighted by atomic mass is 79.9. The van der Waals surface area contributed by atoms with Gasteiger partial charge >= 0.3 is 7.12 Å². The van der Waals surface area contributed by atoms with E-state index in [0.717, 1.165) is 48.3 Å². The van der Waals surface area contributed by atoms with Crippen molar-refractivity contribution in [1.82, 2.24) is 0 Å². The second kappa shape index (κ2) is 27.1. The summed E-state index contributed by atoms with van der Waals surface area (Å²) in [5.41, 5.74) is 17.7. The maximum Gasteiger partial charge on any atom is 0.489 e.